The van der Waals surface area contributed by atoms with Crippen molar-refractivity contribution < 1.29 is 4.39 Å². The van der Waals surface area contributed by atoms with Gasteiger partial charge in [-0.05, 0) is 49.9 Å². The normalized spacial score (nSPS) is 26.4. The Morgan fingerprint density at radius 2 is 2.26 bits per heavy atom. The van der Waals surface area contributed by atoms with Gasteiger partial charge in [-0.2, -0.15) is 0 Å². The van der Waals surface area contributed by atoms with E-state index in [1.807, 2.05) is 6.07 Å². The number of benzene rings is 1. The number of piperidine rings is 1. The molecule has 1 saturated heterocycles. The van der Waals surface area contributed by atoms with Gasteiger partial charge in [0.15, 0.2) is 0 Å². The van der Waals surface area contributed by atoms with Crippen LogP contribution in [0.15, 0.2) is 18.2 Å². The highest BCUT2D eigenvalue weighted by Gasteiger charge is 2.31. The fourth-order valence-electron chi connectivity index (χ4n) is 3.09. The van der Waals surface area contributed by atoms with Crippen LogP contribution in [0.25, 0.3) is 0 Å². The smallest absolute Gasteiger partial charge is 0.141 e. The third-order valence-electron chi connectivity index (χ3n) is 4.32. The number of likely N-dealkylation sites (tertiary alicyclic amines) is 1. The van der Waals surface area contributed by atoms with E-state index in [4.69, 9.17) is 17.3 Å². The molecule has 106 valence electrons. The van der Waals surface area contributed by atoms with Crippen LogP contribution in [0, 0.1) is 11.7 Å². The number of rotatable bonds is 3. The quantitative estimate of drug-likeness (QED) is 0.919. The van der Waals surface area contributed by atoms with E-state index in [1.165, 1.54) is 18.9 Å². The molecule has 0 spiro atoms. The van der Waals surface area contributed by atoms with Gasteiger partial charge in [0.2, 0.25) is 0 Å². The van der Waals surface area contributed by atoms with Gasteiger partial charge >= 0.3 is 0 Å². The monoisotopic (exact) mass is 284 g/mol. The van der Waals surface area contributed by atoms with Crippen molar-refractivity contribution in [2.75, 3.05) is 13.1 Å². The second kappa shape index (κ2) is 6.21. The first-order valence-electron chi connectivity index (χ1n) is 6.95. The minimum atomic E-state index is -0.361. The molecule has 1 aromatic rings. The summed E-state index contributed by atoms with van der Waals surface area (Å²) in [5.41, 5.74) is 6.98. The van der Waals surface area contributed by atoms with Crippen molar-refractivity contribution in [3.63, 3.8) is 0 Å². The highest BCUT2D eigenvalue weighted by Crippen LogP contribution is 2.32. The number of hydrogen-bond donors (Lipinski definition) is 1. The second-order valence-electron chi connectivity index (χ2n) is 5.51. The average molecular weight is 285 g/mol. The Balaban J connectivity index is 2.21. The summed E-state index contributed by atoms with van der Waals surface area (Å²) >= 11 is 5.88. The highest BCUT2D eigenvalue weighted by atomic mass is 35.5. The molecule has 0 radical (unpaired) electrons. The van der Waals surface area contributed by atoms with E-state index < -0.39 is 0 Å². The van der Waals surface area contributed by atoms with E-state index in [2.05, 4.69) is 18.7 Å². The van der Waals surface area contributed by atoms with Crippen molar-refractivity contribution in [3.8, 4) is 0 Å². The molecule has 1 aromatic carbocycles. The molecule has 0 aromatic heterocycles. The van der Waals surface area contributed by atoms with Gasteiger partial charge < -0.3 is 5.73 Å². The Bertz CT molecular complexity index is 438. The van der Waals surface area contributed by atoms with Gasteiger partial charge in [-0.15, -0.1) is 0 Å². The molecule has 0 bridgehead atoms. The Hall–Kier alpha value is -0.640. The largest absolute Gasteiger partial charge is 0.329 e. The van der Waals surface area contributed by atoms with E-state index in [0.717, 1.165) is 12.1 Å². The lowest BCUT2D eigenvalue weighted by Gasteiger charge is -2.43. The Kier molecular flexibility index (Phi) is 4.82. The SMILES string of the molecule is CC1CCCN(C(C)c2ccc(F)c(Cl)c2)C1CN. The first-order chi connectivity index (χ1) is 9.04. The molecule has 2 N–H and O–H groups in total. The Labute approximate surface area is 119 Å². The molecule has 1 fully saturated rings. The van der Waals surface area contributed by atoms with Crippen LogP contribution in [0.1, 0.15) is 38.3 Å². The molecule has 1 aliphatic heterocycles. The Morgan fingerprint density at radius 1 is 1.53 bits per heavy atom. The zero-order valence-corrected chi connectivity index (χ0v) is 12.3. The Morgan fingerprint density at radius 3 is 2.89 bits per heavy atom. The maximum Gasteiger partial charge on any atom is 0.141 e. The lowest BCUT2D eigenvalue weighted by atomic mass is 9.88. The molecule has 2 rings (SSSR count). The van der Waals surface area contributed by atoms with E-state index in [9.17, 15) is 4.39 Å². The van der Waals surface area contributed by atoms with Crippen molar-refractivity contribution in [2.45, 2.75) is 38.8 Å². The topological polar surface area (TPSA) is 29.3 Å². The lowest BCUT2D eigenvalue weighted by molar-refractivity contribution is 0.0689. The molecule has 19 heavy (non-hydrogen) atoms. The molecule has 1 heterocycles. The maximum atomic E-state index is 13.2. The maximum absolute atomic E-state index is 13.2. The third-order valence-corrected chi connectivity index (χ3v) is 4.61. The minimum Gasteiger partial charge on any atom is -0.329 e. The second-order valence-corrected chi connectivity index (χ2v) is 5.92. The number of nitrogens with two attached hydrogens (primary N) is 1. The summed E-state index contributed by atoms with van der Waals surface area (Å²) in [4.78, 5) is 2.43. The molecule has 0 saturated carbocycles. The molecule has 3 atom stereocenters. The van der Waals surface area contributed by atoms with Crippen LogP contribution >= 0.6 is 11.6 Å². The first kappa shape index (κ1) is 14.8. The number of nitrogens with zero attached hydrogens (tertiary/aromatic N) is 1. The van der Waals surface area contributed by atoms with E-state index in [0.29, 0.717) is 18.5 Å². The van der Waals surface area contributed by atoms with Crippen LogP contribution in [0.5, 0.6) is 0 Å². The van der Waals surface area contributed by atoms with Crippen molar-refractivity contribution in [2.24, 2.45) is 11.7 Å². The highest BCUT2D eigenvalue weighted by molar-refractivity contribution is 6.30. The van der Waals surface area contributed by atoms with E-state index >= 15 is 0 Å². The molecule has 0 amide bonds. The molecular formula is C15H22ClFN2. The summed E-state index contributed by atoms with van der Waals surface area (Å²) in [5, 5.41) is 0.193. The van der Waals surface area contributed by atoms with Crippen LogP contribution in [0.4, 0.5) is 4.39 Å². The molecule has 1 aliphatic rings. The van der Waals surface area contributed by atoms with Gasteiger partial charge in [-0.25, -0.2) is 4.39 Å². The zero-order chi connectivity index (χ0) is 14.0. The van der Waals surface area contributed by atoms with Crippen LogP contribution in [-0.4, -0.2) is 24.0 Å². The van der Waals surface area contributed by atoms with Crippen LogP contribution in [0.3, 0.4) is 0 Å². The standard InChI is InChI=1S/C15H22ClFN2/c1-10-4-3-7-19(15(10)9-18)11(2)12-5-6-14(17)13(16)8-12/h5-6,8,10-11,15H,3-4,7,9,18H2,1-2H3. The van der Waals surface area contributed by atoms with E-state index in [1.54, 1.807) is 6.07 Å². The molecule has 0 aliphatic carbocycles. The van der Waals surface area contributed by atoms with Crippen LogP contribution in [0.2, 0.25) is 5.02 Å². The van der Waals surface area contributed by atoms with Gasteiger partial charge in [-0.1, -0.05) is 24.6 Å². The summed E-state index contributed by atoms with van der Waals surface area (Å²) in [6, 6.07) is 5.61. The van der Waals surface area contributed by atoms with Gasteiger partial charge in [0, 0.05) is 18.6 Å². The zero-order valence-electron chi connectivity index (χ0n) is 11.6. The fraction of sp³-hybridized carbons (Fsp3) is 0.600. The number of hydrogen-bond acceptors (Lipinski definition) is 2. The first-order valence-corrected chi connectivity index (χ1v) is 7.33. The van der Waals surface area contributed by atoms with Crippen LogP contribution in [-0.2, 0) is 0 Å². The number of halogens is 2. The average Bonchev–Trinajstić information content (AvgIpc) is 2.40. The van der Waals surface area contributed by atoms with Crippen molar-refractivity contribution in [1.29, 1.82) is 0 Å². The lowest BCUT2D eigenvalue weighted by Crippen LogP contribution is -2.49. The van der Waals surface area contributed by atoms with Gasteiger partial charge in [0.05, 0.1) is 5.02 Å². The fourth-order valence-corrected chi connectivity index (χ4v) is 3.28. The predicted molar refractivity (Wildman–Crippen MR) is 77.8 cm³/mol. The third kappa shape index (κ3) is 3.10. The summed E-state index contributed by atoms with van der Waals surface area (Å²) in [6.45, 7) is 6.11. The molecular weight excluding hydrogens is 263 g/mol. The van der Waals surface area contributed by atoms with Crippen molar-refractivity contribution in [3.05, 3.63) is 34.6 Å². The molecule has 2 nitrogen and oxygen atoms in total. The van der Waals surface area contributed by atoms with Crippen LogP contribution < -0.4 is 5.73 Å². The van der Waals surface area contributed by atoms with E-state index in [-0.39, 0.29) is 16.9 Å². The van der Waals surface area contributed by atoms with Gasteiger partial charge in [-0.3, -0.25) is 4.90 Å². The molecule has 3 unspecified atom stereocenters. The minimum absolute atomic E-state index is 0.193. The summed E-state index contributed by atoms with van der Waals surface area (Å²) in [7, 11) is 0. The predicted octanol–water partition coefficient (Wildman–Crippen LogP) is 3.60. The van der Waals surface area contributed by atoms with Gasteiger partial charge in [0.1, 0.15) is 5.82 Å². The van der Waals surface area contributed by atoms with Gasteiger partial charge in [0.25, 0.3) is 0 Å². The summed E-state index contributed by atoms with van der Waals surface area (Å²) in [6.07, 6.45) is 2.42. The van der Waals surface area contributed by atoms with Crippen molar-refractivity contribution >= 4 is 11.6 Å². The van der Waals surface area contributed by atoms with Crippen molar-refractivity contribution in [1.82, 2.24) is 4.90 Å². The molecule has 4 heteroatoms. The summed E-state index contributed by atoms with van der Waals surface area (Å²) < 4.78 is 13.2. The summed E-state index contributed by atoms with van der Waals surface area (Å²) in [5.74, 6) is 0.247.